The number of methoxy groups -OCH3 is 1. The second kappa shape index (κ2) is 8.31. The third kappa shape index (κ3) is 4.14. The van der Waals surface area contributed by atoms with Crippen LogP contribution in [-0.2, 0) is 9.84 Å². The molecule has 0 spiro atoms. The highest BCUT2D eigenvalue weighted by atomic mass is 32.2. The van der Waals surface area contributed by atoms with Crippen molar-refractivity contribution in [1.29, 1.82) is 0 Å². The Morgan fingerprint density at radius 3 is 2.36 bits per heavy atom. The number of hydrogen-bond acceptors (Lipinski definition) is 7. The van der Waals surface area contributed by atoms with E-state index in [1.54, 1.807) is 25.3 Å². The minimum Gasteiger partial charge on any atom is -0.496 e. The lowest BCUT2D eigenvalue weighted by Gasteiger charge is -2.34. The maximum Gasteiger partial charge on any atom is 0.257 e. The summed E-state index contributed by atoms with van der Waals surface area (Å²) < 4.78 is 30.0. The van der Waals surface area contributed by atoms with E-state index < -0.39 is 9.84 Å². The maximum atomic E-state index is 13.3. The highest BCUT2D eigenvalue weighted by Crippen LogP contribution is 2.32. The largest absolute Gasteiger partial charge is 0.496 e. The number of piperazine rings is 1. The number of sulfone groups is 1. The molecule has 33 heavy (non-hydrogen) atoms. The number of anilines is 1. The molecule has 0 bridgehead atoms. The minimum atomic E-state index is -3.26. The number of ether oxygens (including phenoxy) is 1. The van der Waals surface area contributed by atoms with E-state index in [0.717, 1.165) is 26.1 Å². The van der Waals surface area contributed by atoms with Gasteiger partial charge in [-0.05, 0) is 41.1 Å². The zero-order valence-corrected chi connectivity index (χ0v) is 19.9. The van der Waals surface area contributed by atoms with Gasteiger partial charge >= 0.3 is 0 Å². The molecule has 0 unspecified atom stereocenters. The monoisotopic (exact) mass is 481 g/mol. The molecule has 3 aromatic carbocycles. The van der Waals surface area contributed by atoms with Gasteiger partial charge in [0.15, 0.2) is 15.0 Å². The lowest BCUT2D eigenvalue weighted by Crippen LogP contribution is -2.48. The predicted octanol–water partition coefficient (Wildman–Crippen LogP) is 3.82. The third-order valence-corrected chi connectivity index (χ3v) is 8.10. The lowest BCUT2D eigenvalue weighted by molar-refractivity contribution is 0.0743. The summed E-state index contributed by atoms with van der Waals surface area (Å²) in [6, 6.07) is 16.7. The first-order valence-electron chi connectivity index (χ1n) is 10.5. The van der Waals surface area contributed by atoms with Crippen molar-refractivity contribution in [1.82, 2.24) is 9.88 Å². The molecule has 0 atom stereocenters. The van der Waals surface area contributed by atoms with Gasteiger partial charge in [0.2, 0.25) is 0 Å². The molecule has 7 nitrogen and oxygen atoms in total. The molecule has 5 rings (SSSR count). The quantitative estimate of drug-likeness (QED) is 0.441. The predicted molar refractivity (Wildman–Crippen MR) is 131 cm³/mol. The summed E-state index contributed by atoms with van der Waals surface area (Å²) in [7, 11) is -1.68. The van der Waals surface area contributed by atoms with Crippen LogP contribution in [0.5, 0.6) is 5.75 Å². The number of hydrogen-bond donors (Lipinski definition) is 0. The Labute approximate surface area is 196 Å². The highest BCUT2D eigenvalue weighted by Gasteiger charge is 2.26. The zero-order chi connectivity index (χ0) is 23.2. The van der Waals surface area contributed by atoms with Crippen molar-refractivity contribution in [3.05, 3.63) is 60.2 Å². The van der Waals surface area contributed by atoms with Crippen LogP contribution in [0.25, 0.3) is 21.0 Å². The zero-order valence-electron chi connectivity index (χ0n) is 18.3. The molecule has 0 N–H and O–H groups in total. The van der Waals surface area contributed by atoms with Crippen LogP contribution < -0.4 is 9.64 Å². The molecule has 1 saturated heterocycles. The van der Waals surface area contributed by atoms with Gasteiger partial charge in [-0.25, -0.2) is 13.4 Å². The van der Waals surface area contributed by atoms with Crippen LogP contribution >= 0.6 is 11.3 Å². The molecule has 1 aliphatic rings. The van der Waals surface area contributed by atoms with Crippen LogP contribution in [0.2, 0.25) is 0 Å². The summed E-state index contributed by atoms with van der Waals surface area (Å²) in [5.41, 5.74) is 1.35. The normalized spacial score (nSPS) is 14.7. The van der Waals surface area contributed by atoms with E-state index in [-0.39, 0.29) is 5.91 Å². The van der Waals surface area contributed by atoms with E-state index in [0.29, 0.717) is 42.4 Å². The van der Waals surface area contributed by atoms with Crippen molar-refractivity contribution in [2.45, 2.75) is 4.90 Å². The highest BCUT2D eigenvalue weighted by molar-refractivity contribution is 7.90. The van der Waals surface area contributed by atoms with Crippen LogP contribution in [-0.4, -0.2) is 63.8 Å². The Hall–Kier alpha value is -3.17. The van der Waals surface area contributed by atoms with Crippen molar-refractivity contribution in [3.63, 3.8) is 0 Å². The van der Waals surface area contributed by atoms with Crippen LogP contribution in [0.15, 0.2) is 59.5 Å². The molecule has 170 valence electrons. The Morgan fingerprint density at radius 1 is 1.00 bits per heavy atom. The molecule has 4 aromatic rings. The molecule has 2 heterocycles. The smallest absolute Gasteiger partial charge is 0.257 e. The molecular weight excluding hydrogens is 458 g/mol. The second-order valence-corrected chi connectivity index (χ2v) is 11.1. The van der Waals surface area contributed by atoms with Gasteiger partial charge in [0.05, 0.1) is 27.8 Å². The Kier molecular flexibility index (Phi) is 5.46. The second-order valence-electron chi connectivity index (χ2n) is 8.08. The number of carbonyl (C=O) groups excluding carboxylic acids is 1. The van der Waals surface area contributed by atoms with Gasteiger partial charge in [-0.15, -0.1) is 0 Å². The topological polar surface area (TPSA) is 79.8 Å². The van der Waals surface area contributed by atoms with Gasteiger partial charge in [-0.1, -0.05) is 35.6 Å². The van der Waals surface area contributed by atoms with Crippen LogP contribution in [0, 0.1) is 0 Å². The van der Waals surface area contributed by atoms with E-state index in [4.69, 9.17) is 4.74 Å². The number of amides is 1. The Bertz CT molecular complexity index is 1470. The average Bonchev–Trinajstić information content (AvgIpc) is 3.26. The van der Waals surface area contributed by atoms with Crippen LogP contribution in [0.4, 0.5) is 5.13 Å². The van der Waals surface area contributed by atoms with E-state index in [2.05, 4.69) is 9.88 Å². The molecular formula is C24H23N3O4S2. The molecule has 0 saturated carbocycles. The number of fused-ring (bicyclic) bond motifs is 2. The van der Waals surface area contributed by atoms with Crippen molar-refractivity contribution < 1.29 is 17.9 Å². The first-order chi connectivity index (χ1) is 15.8. The van der Waals surface area contributed by atoms with Crippen LogP contribution in [0.3, 0.4) is 0 Å². The maximum absolute atomic E-state index is 13.3. The number of benzene rings is 3. The number of aromatic nitrogens is 1. The first-order valence-corrected chi connectivity index (χ1v) is 13.3. The third-order valence-electron chi connectivity index (χ3n) is 5.91. The van der Waals surface area contributed by atoms with E-state index in [9.17, 15) is 13.2 Å². The standard InChI is InChI=1S/C24H23N3O4S2/c1-31-21-14-17-6-4-3-5-16(17)13-19(21)23(28)26-9-11-27(12-10-26)24-25-20-8-7-18(33(2,29)30)15-22(20)32-24/h3-8,13-15H,9-12H2,1-2H3. The van der Waals surface area contributed by atoms with Crippen molar-refractivity contribution in [2.75, 3.05) is 44.4 Å². The molecule has 0 radical (unpaired) electrons. The Morgan fingerprint density at radius 2 is 1.70 bits per heavy atom. The average molecular weight is 482 g/mol. The summed E-state index contributed by atoms with van der Waals surface area (Å²) >= 11 is 1.47. The van der Waals surface area contributed by atoms with Crippen molar-refractivity contribution in [2.24, 2.45) is 0 Å². The Balaban J connectivity index is 1.34. The van der Waals surface area contributed by atoms with Crippen molar-refractivity contribution >= 4 is 53.2 Å². The summed E-state index contributed by atoms with van der Waals surface area (Å²) in [5, 5.41) is 2.87. The SMILES string of the molecule is COc1cc2ccccc2cc1C(=O)N1CCN(c2nc3ccc(S(C)(=O)=O)cc3s2)CC1. The molecule has 0 aliphatic carbocycles. The molecule has 1 aliphatic heterocycles. The molecule has 1 aromatic heterocycles. The summed E-state index contributed by atoms with van der Waals surface area (Å²) in [6.07, 6.45) is 1.21. The van der Waals surface area contributed by atoms with E-state index >= 15 is 0 Å². The lowest BCUT2D eigenvalue weighted by atomic mass is 10.0. The van der Waals surface area contributed by atoms with Gasteiger partial charge in [-0.3, -0.25) is 4.79 Å². The fourth-order valence-electron chi connectivity index (χ4n) is 4.09. The number of rotatable bonds is 4. The molecule has 9 heteroatoms. The van der Waals surface area contributed by atoms with Gasteiger partial charge in [-0.2, -0.15) is 0 Å². The minimum absolute atomic E-state index is 0.0423. The summed E-state index contributed by atoms with van der Waals surface area (Å²) in [5.74, 6) is 0.535. The summed E-state index contributed by atoms with van der Waals surface area (Å²) in [4.78, 5) is 22.3. The fourth-order valence-corrected chi connectivity index (χ4v) is 5.86. The molecule has 1 fully saturated rings. The van der Waals surface area contributed by atoms with Gasteiger partial charge in [0, 0.05) is 32.4 Å². The summed E-state index contributed by atoms with van der Waals surface area (Å²) in [6.45, 7) is 2.44. The van der Waals surface area contributed by atoms with Gasteiger partial charge in [0.25, 0.3) is 5.91 Å². The first kappa shape index (κ1) is 21.7. The number of thiazole rings is 1. The van der Waals surface area contributed by atoms with E-state index in [1.807, 2.05) is 41.3 Å². The molecule has 1 amide bonds. The van der Waals surface area contributed by atoms with Gasteiger partial charge < -0.3 is 14.5 Å². The number of nitrogens with zero attached hydrogens (tertiary/aromatic N) is 3. The fraction of sp³-hybridized carbons (Fsp3) is 0.250. The van der Waals surface area contributed by atoms with Crippen LogP contribution in [0.1, 0.15) is 10.4 Å². The van der Waals surface area contributed by atoms with E-state index in [1.165, 1.54) is 17.6 Å². The van der Waals surface area contributed by atoms with Crippen molar-refractivity contribution in [3.8, 4) is 5.75 Å². The number of carbonyl (C=O) groups is 1. The van der Waals surface area contributed by atoms with Gasteiger partial charge in [0.1, 0.15) is 5.75 Å².